The Bertz CT molecular complexity index is 498. The van der Waals surface area contributed by atoms with Gasteiger partial charge in [-0.15, -0.1) is 11.3 Å². The highest BCUT2D eigenvalue weighted by atomic mass is 32.1. The molecule has 0 bridgehead atoms. The standard InChI is InChI=1S/C8H5N5S/c9-3-6-7(12-4-14-6)5-1-2-11-8(10)13-5/h1-2,4H,(H2,10,11,13). The van der Waals surface area contributed by atoms with Gasteiger partial charge < -0.3 is 5.73 Å². The van der Waals surface area contributed by atoms with Gasteiger partial charge in [0.2, 0.25) is 5.95 Å². The fourth-order valence-corrected chi connectivity index (χ4v) is 1.60. The third-order valence-electron chi connectivity index (χ3n) is 1.59. The molecule has 0 saturated carbocycles. The summed E-state index contributed by atoms with van der Waals surface area (Å²) in [4.78, 5) is 12.3. The Balaban J connectivity index is 2.56. The van der Waals surface area contributed by atoms with Crippen LogP contribution in [-0.2, 0) is 0 Å². The second-order valence-corrected chi connectivity index (χ2v) is 3.30. The Morgan fingerprint density at radius 2 is 2.29 bits per heavy atom. The first-order valence-corrected chi connectivity index (χ1v) is 4.61. The van der Waals surface area contributed by atoms with Gasteiger partial charge in [0, 0.05) is 6.20 Å². The zero-order valence-corrected chi connectivity index (χ0v) is 7.82. The van der Waals surface area contributed by atoms with Crippen molar-refractivity contribution in [2.45, 2.75) is 0 Å². The van der Waals surface area contributed by atoms with E-state index < -0.39 is 0 Å². The monoisotopic (exact) mass is 203 g/mol. The summed E-state index contributed by atoms with van der Waals surface area (Å²) >= 11 is 1.28. The van der Waals surface area contributed by atoms with E-state index in [1.54, 1.807) is 11.6 Å². The lowest BCUT2D eigenvalue weighted by molar-refractivity contribution is 1.17. The summed E-state index contributed by atoms with van der Waals surface area (Å²) < 4.78 is 0. The summed E-state index contributed by atoms with van der Waals surface area (Å²) in [6.45, 7) is 0. The first kappa shape index (κ1) is 8.59. The Kier molecular flexibility index (Phi) is 2.08. The van der Waals surface area contributed by atoms with Crippen molar-refractivity contribution >= 4 is 17.3 Å². The maximum Gasteiger partial charge on any atom is 0.220 e. The van der Waals surface area contributed by atoms with Crippen molar-refractivity contribution in [2.24, 2.45) is 0 Å². The zero-order chi connectivity index (χ0) is 9.97. The molecule has 5 nitrogen and oxygen atoms in total. The molecule has 0 radical (unpaired) electrons. The van der Waals surface area contributed by atoms with Crippen LogP contribution in [0.25, 0.3) is 11.4 Å². The number of anilines is 1. The van der Waals surface area contributed by atoms with Gasteiger partial charge in [0.15, 0.2) is 0 Å². The van der Waals surface area contributed by atoms with Crippen molar-refractivity contribution in [3.05, 3.63) is 22.7 Å². The molecule has 0 aliphatic carbocycles. The minimum absolute atomic E-state index is 0.180. The SMILES string of the molecule is N#Cc1scnc1-c1ccnc(N)n1. The van der Waals surface area contributed by atoms with E-state index in [2.05, 4.69) is 15.0 Å². The number of nitriles is 1. The Morgan fingerprint density at radius 1 is 1.43 bits per heavy atom. The summed E-state index contributed by atoms with van der Waals surface area (Å²) in [5.41, 5.74) is 8.17. The molecule has 0 aliphatic heterocycles. The van der Waals surface area contributed by atoms with Gasteiger partial charge in [-0.25, -0.2) is 15.0 Å². The third kappa shape index (κ3) is 1.41. The molecule has 0 aliphatic rings. The third-order valence-corrected chi connectivity index (χ3v) is 2.32. The molecule has 14 heavy (non-hydrogen) atoms. The van der Waals surface area contributed by atoms with Gasteiger partial charge in [0.1, 0.15) is 16.6 Å². The fraction of sp³-hybridized carbons (Fsp3) is 0. The number of thiazole rings is 1. The minimum Gasteiger partial charge on any atom is -0.368 e. The van der Waals surface area contributed by atoms with E-state index >= 15 is 0 Å². The predicted molar refractivity (Wildman–Crippen MR) is 52.3 cm³/mol. The van der Waals surface area contributed by atoms with E-state index in [4.69, 9.17) is 11.0 Å². The van der Waals surface area contributed by atoms with E-state index in [-0.39, 0.29) is 5.95 Å². The summed E-state index contributed by atoms with van der Waals surface area (Å²) in [7, 11) is 0. The zero-order valence-electron chi connectivity index (χ0n) is 7.01. The van der Waals surface area contributed by atoms with Crippen LogP contribution in [0.3, 0.4) is 0 Å². The van der Waals surface area contributed by atoms with Gasteiger partial charge >= 0.3 is 0 Å². The van der Waals surface area contributed by atoms with Crippen molar-refractivity contribution in [2.75, 3.05) is 5.73 Å². The van der Waals surface area contributed by atoms with Gasteiger partial charge in [-0.1, -0.05) is 0 Å². The van der Waals surface area contributed by atoms with Gasteiger partial charge in [0.25, 0.3) is 0 Å². The van der Waals surface area contributed by atoms with Gasteiger partial charge in [-0.2, -0.15) is 5.26 Å². The molecule has 2 aromatic heterocycles. The lowest BCUT2D eigenvalue weighted by Gasteiger charge is -1.96. The average molecular weight is 203 g/mol. The number of hydrogen-bond donors (Lipinski definition) is 1. The van der Waals surface area contributed by atoms with Crippen LogP contribution in [-0.4, -0.2) is 15.0 Å². The highest BCUT2D eigenvalue weighted by Gasteiger charge is 2.09. The second-order valence-electron chi connectivity index (χ2n) is 2.44. The Hall–Kier alpha value is -2.00. The molecule has 2 heterocycles. The number of nitrogens with zero attached hydrogens (tertiary/aromatic N) is 4. The number of aromatic nitrogens is 3. The smallest absolute Gasteiger partial charge is 0.220 e. The highest BCUT2D eigenvalue weighted by molar-refractivity contribution is 7.10. The topological polar surface area (TPSA) is 88.5 Å². The molecule has 2 aromatic rings. The van der Waals surface area contributed by atoms with Crippen LogP contribution in [0.2, 0.25) is 0 Å². The average Bonchev–Trinajstić information content (AvgIpc) is 2.65. The van der Waals surface area contributed by atoms with E-state index in [1.165, 1.54) is 17.5 Å². The highest BCUT2D eigenvalue weighted by Crippen LogP contribution is 2.22. The molecule has 6 heteroatoms. The number of rotatable bonds is 1. The molecular formula is C8H5N5S. The molecule has 0 atom stereocenters. The van der Waals surface area contributed by atoms with E-state index in [0.29, 0.717) is 16.3 Å². The van der Waals surface area contributed by atoms with Gasteiger partial charge in [-0.3, -0.25) is 0 Å². The van der Waals surface area contributed by atoms with Crippen LogP contribution in [0.1, 0.15) is 4.88 Å². The van der Waals surface area contributed by atoms with Crippen LogP contribution < -0.4 is 5.73 Å². The normalized spacial score (nSPS) is 9.64. The fourth-order valence-electron chi connectivity index (χ4n) is 1.01. The summed E-state index contributed by atoms with van der Waals surface area (Å²) in [5.74, 6) is 0.180. The van der Waals surface area contributed by atoms with Crippen LogP contribution in [0, 0.1) is 11.3 Å². The van der Waals surface area contributed by atoms with E-state index in [0.717, 1.165) is 0 Å². The molecule has 2 rings (SSSR count). The molecule has 68 valence electrons. The Morgan fingerprint density at radius 3 is 3.00 bits per heavy atom. The summed E-state index contributed by atoms with van der Waals surface area (Å²) in [6, 6.07) is 3.72. The van der Waals surface area contributed by atoms with Crippen LogP contribution >= 0.6 is 11.3 Å². The van der Waals surface area contributed by atoms with Crippen LogP contribution in [0.15, 0.2) is 17.8 Å². The first-order chi connectivity index (χ1) is 6.81. The molecule has 0 spiro atoms. The van der Waals surface area contributed by atoms with E-state index in [1.807, 2.05) is 6.07 Å². The molecule has 0 fully saturated rings. The molecule has 0 aromatic carbocycles. The van der Waals surface area contributed by atoms with E-state index in [9.17, 15) is 0 Å². The maximum absolute atomic E-state index is 8.78. The largest absolute Gasteiger partial charge is 0.368 e. The number of nitrogens with two attached hydrogens (primary N) is 1. The van der Waals surface area contributed by atoms with Crippen molar-refractivity contribution in [3.63, 3.8) is 0 Å². The van der Waals surface area contributed by atoms with Crippen LogP contribution in [0.4, 0.5) is 5.95 Å². The molecule has 2 N–H and O–H groups in total. The van der Waals surface area contributed by atoms with Crippen molar-refractivity contribution < 1.29 is 0 Å². The number of nitrogen functional groups attached to an aromatic ring is 1. The van der Waals surface area contributed by atoms with Gasteiger partial charge in [-0.05, 0) is 6.07 Å². The quantitative estimate of drug-likeness (QED) is 0.748. The first-order valence-electron chi connectivity index (χ1n) is 3.73. The van der Waals surface area contributed by atoms with Crippen molar-refractivity contribution in [1.29, 1.82) is 5.26 Å². The van der Waals surface area contributed by atoms with Crippen molar-refractivity contribution in [1.82, 2.24) is 15.0 Å². The molecule has 0 amide bonds. The minimum atomic E-state index is 0.180. The predicted octanol–water partition coefficient (Wildman–Crippen LogP) is 1.05. The summed E-state index contributed by atoms with van der Waals surface area (Å²) in [6.07, 6.45) is 1.54. The number of hydrogen-bond acceptors (Lipinski definition) is 6. The lowest BCUT2D eigenvalue weighted by Crippen LogP contribution is -1.95. The Labute approximate surface area is 83.9 Å². The molecule has 0 saturated heterocycles. The van der Waals surface area contributed by atoms with Crippen LogP contribution in [0.5, 0.6) is 0 Å². The second kappa shape index (κ2) is 3.40. The molecular weight excluding hydrogens is 198 g/mol. The van der Waals surface area contributed by atoms with Crippen molar-refractivity contribution in [3.8, 4) is 17.5 Å². The lowest BCUT2D eigenvalue weighted by atomic mass is 10.3. The maximum atomic E-state index is 8.78. The van der Waals surface area contributed by atoms with Gasteiger partial charge in [0.05, 0.1) is 11.2 Å². The summed E-state index contributed by atoms with van der Waals surface area (Å²) in [5, 5.41) is 8.78. The molecule has 0 unspecified atom stereocenters.